The molecule has 2 aromatic carbocycles. The van der Waals surface area contributed by atoms with Crippen LogP contribution in [0.3, 0.4) is 0 Å². The van der Waals surface area contributed by atoms with Gasteiger partial charge in [-0.15, -0.1) is 6.58 Å². The van der Waals surface area contributed by atoms with Gasteiger partial charge < -0.3 is 4.74 Å². The zero-order valence-electron chi connectivity index (χ0n) is 11.8. The van der Waals surface area contributed by atoms with Crippen LogP contribution in [0.5, 0.6) is 0 Å². The number of hydrogen-bond donors (Lipinski definition) is 1. The second kappa shape index (κ2) is 7.63. The Morgan fingerprint density at radius 2 is 1.55 bits per heavy atom. The molecule has 104 valence electrons. The fourth-order valence-corrected chi connectivity index (χ4v) is 2.27. The highest BCUT2D eigenvalue weighted by Gasteiger charge is 2.15. The minimum absolute atomic E-state index is 0.108. The summed E-state index contributed by atoms with van der Waals surface area (Å²) in [5, 5.41) is 3.59. The third-order valence-corrected chi connectivity index (χ3v) is 3.31. The molecule has 0 amide bonds. The molecule has 0 fully saturated rings. The van der Waals surface area contributed by atoms with Crippen LogP contribution >= 0.6 is 0 Å². The van der Waals surface area contributed by atoms with E-state index in [1.54, 1.807) is 7.11 Å². The molecular formula is C18H21NO. The maximum atomic E-state index is 5.34. The maximum Gasteiger partial charge on any atom is 0.0657 e. The number of benzene rings is 2. The number of rotatable bonds is 7. The summed E-state index contributed by atoms with van der Waals surface area (Å²) in [7, 11) is 1.73. The molecule has 2 rings (SSSR count). The molecule has 2 aromatic rings. The summed E-state index contributed by atoms with van der Waals surface area (Å²) >= 11 is 0. The average molecular weight is 267 g/mol. The first-order chi connectivity index (χ1) is 9.85. The normalized spacial score (nSPS) is 13.7. The van der Waals surface area contributed by atoms with Crippen molar-refractivity contribution < 1.29 is 4.74 Å². The van der Waals surface area contributed by atoms with E-state index in [1.165, 1.54) is 11.1 Å². The molecule has 0 aliphatic carbocycles. The molecule has 0 spiro atoms. The van der Waals surface area contributed by atoms with Gasteiger partial charge in [0.2, 0.25) is 0 Å². The van der Waals surface area contributed by atoms with Crippen molar-refractivity contribution in [2.75, 3.05) is 13.7 Å². The molecule has 0 unspecified atom stereocenters. The maximum absolute atomic E-state index is 5.34. The van der Waals surface area contributed by atoms with Crippen LogP contribution in [0.1, 0.15) is 23.2 Å². The van der Waals surface area contributed by atoms with E-state index < -0.39 is 0 Å². The van der Waals surface area contributed by atoms with Gasteiger partial charge in [0, 0.05) is 7.11 Å². The Morgan fingerprint density at radius 3 is 2.05 bits per heavy atom. The quantitative estimate of drug-likeness (QED) is 0.768. The predicted molar refractivity (Wildman–Crippen MR) is 83.6 cm³/mol. The van der Waals surface area contributed by atoms with Gasteiger partial charge in [0.05, 0.1) is 18.7 Å². The highest BCUT2D eigenvalue weighted by molar-refractivity contribution is 5.25. The molecule has 0 saturated carbocycles. The highest BCUT2D eigenvalue weighted by atomic mass is 16.5. The molecule has 0 aliphatic rings. The summed E-state index contributed by atoms with van der Waals surface area (Å²) in [4.78, 5) is 0. The van der Waals surface area contributed by atoms with Crippen molar-refractivity contribution in [3.05, 3.63) is 84.4 Å². The van der Waals surface area contributed by atoms with Crippen molar-refractivity contribution in [1.29, 1.82) is 0 Å². The third-order valence-electron chi connectivity index (χ3n) is 3.31. The van der Waals surface area contributed by atoms with E-state index in [1.807, 2.05) is 42.5 Å². The molecule has 0 heterocycles. The first kappa shape index (κ1) is 14.5. The van der Waals surface area contributed by atoms with Crippen LogP contribution in [0.15, 0.2) is 73.3 Å². The smallest absolute Gasteiger partial charge is 0.0657 e. The van der Waals surface area contributed by atoms with E-state index in [0.717, 1.165) is 0 Å². The van der Waals surface area contributed by atoms with Crippen molar-refractivity contribution in [1.82, 2.24) is 5.32 Å². The van der Waals surface area contributed by atoms with Crippen LogP contribution in [0.4, 0.5) is 0 Å². The minimum atomic E-state index is 0.108. The summed E-state index contributed by atoms with van der Waals surface area (Å²) in [5.74, 6) is 0. The Kier molecular flexibility index (Phi) is 5.54. The lowest BCUT2D eigenvalue weighted by molar-refractivity contribution is 0.163. The summed E-state index contributed by atoms with van der Waals surface area (Å²) < 4.78 is 5.34. The van der Waals surface area contributed by atoms with Gasteiger partial charge in [0.1, 0.15) is 0 Å². The summed E-state index contributed by atoms with van der Waals surface area (Å²) in [6.45, 7) is 4.57. The molecule has 20 heavy (non-hydrogen) atoms. The second-order valence-electron chi connectivity index (χ2n) is 4.71. The van der Waals surface area contributed by atoms with Crippen LogP contribution in [0.2, 0.25) is 0 Å². The zero-order valence-corrected chi connectivity index (χ0v) is 11.8. The summed E-state index contributed by atoms with van der Waals surface area (Å²) in [6, 6.07) is 20.9. The van der Waals surface area contributed by atoms with Gasteiger partial charge in [-0.25, -0.2) is 0 Å². The van der Waals surface area contributed by atoms with E-state index in [-0.39, 0.29) is 12.1 Å². The van der Waals surface area contributed by atoms with Gasteiger partial charge in [0.25, 0.3) is 0 Å². The van der Waals surface area contributed by atoms with Gasteiger partial charge in [-0.2, -0.15) is 0 Å². The van der Waals surface area contributed by atoms with Gasteiger partial charge in [-0.05, 0) is 11.1 Å². The number of ether oxygens (including phenoxy) is 1. The lowest BCUT2D eigenvalue weighted by atomic mass is 10.0. The molecule has 2 heteroatoms. The fraction of sp³-hybridized carbons (Fsp3) is 0.222. The molecular weight excluding hydrogens is 246 g/mol. The predicted octanol–water partition coefficient (Wildman–Crippen LogP) is 3.89. The van der Waals surface area contributed by atoms with Crippen LogP contribution in [0, 0.1) is 0 Å². The van der Waals surface area contributed by atoms with Crippen molar-refractivity contribution in [3.8, 4) is 0 Å². The second-order valence-corrected chi connectivity index (χ2v) is 4.71. The first-order valence-corrected chi connectivity index (χ1v) is 6.82. The SMILES string of the molecule is C=C[C@@H](N[C@@H](COC)c1ccccc1)c1ccccc1. The molecule has 0 radical (unpaired) electrons. The number of methoxy groups -OCH3 is 1. The zero-order chi connectivity index (χ0) is 14.2. The van der Waals surface area contributed by atoms with Gasteiger partial charge >= 0.3 is 0 Å². The van der Waals surface area contributed by atoms with Crippen molar-refractivity contribution in [2.24, 2.45) is 0 Å². The molecule has 1 N–H and O–H groups in total. The Morgan fingerprint density at radius 1 is 1.00 bits per heavy atom. The Labute approximate surface area is 121 Å². The van der Waals surface area contributed by atoms with Gasteiger partial charge in [-0.3, -0.25) is 5.32 Å². The van der Waals surface area contributed by atoms with Gasteiger partial charge in [-0.1, -0.05) is 66.7 Å². The molecule has 2 nitrogen and oxygen atoms in total. The van der Waals surface area contributed by atoms with E-state index in [4.69, 9.17) is 4.74 Å². The molecule has 0 aromatic heterocycles. The molecule has 2 atom stereocenters. The first-order valence-electron chi connectivity index (χ1n) is 6.82. The molecule has 0 saturated heterocycles. The van der Waals surface area contributed by atoms with Crippen LogP contribution in [0.25, 0.3) is 0 Å². The van der Waals surface area contributed by atoms with Crippen molar-refractivity contribution in [3.63, 3.8) is 0 Å². The van der Waals surface area contributed by atoms with E-state index in [9.17, 15) is 0 Å². The fourth-order valence-electron chi connectivity index (χ4n) is 2.27. The summed E-state index contributed by atoms with van der Waals surface area (Å²) in [5.41, 5.74) is 2.43. The minimum Gasteiger partial charge on any atom is -0.383 e. The van der Waals surface area contributed by atoms with Crippen molar-refractivity contribution >= 4 is 0 Å². The van der Waals surface area contributed by atoms with Crippen LogP contribution < -0.4 is 5.32 Å². The Balaban J connectivity index is 2.16. The Hall–Kier alpha value is -1.90. The third kappa shape index (κ3) is 3.80. The van der Waals surface area contributed by atoms with E-state index >= 15 is 0 Å². The number of nitrogens with one attached hydrogen (secondary N) is 1. The lowest BCUT2D eigenvalue weighted by Gasteiger charge is -2.24. The molecule has 0 aliphatic heterocycles. The topological polar surface area (TPSA) is 21.3 Å². The standard InChI is InChI=1S/C18H21NO/c1-3-17(15-10-6-4-7-11-15)19-18(14-20-2)16-12-8-5-9-13-16/h3-13,17-19H,1,14H2,2H3/t17-,18+/m1/s1. The van der Waals surface area contributed by atoms with Gasteiger partial charge in [0.15, 0.2) is 0 Å². The average Bonchev–Trinajstić information content (AvgIpc) is 2.53. The largest absolute Gasteiger partial charge is 0.383 e. The summed E-state index contributed by atoms with van der Waals surface area (Å²) in [6.07, 6.45) is 1.93. The number of hydrogen-bond acceptors (Lipinski definition) is 2. The van der Waals surface area contributed by atoms with Crippen molar-refractivity contribution in [2.45, 2.75) is 12.1 Å². The van der Waals surface area contributed by atoms with E-state index in [0.29, 0.717) is 6.61 Å². The Bertz CT molecular complexity index is 509. The lowest BCUT2D eigenvalue weighted by Crippen LogP contribution is -2.28. The monoisotopic (exact) mass is 267 g/mol. The highest BCUT2D eigenvalue weighted by Crippen LogP contribution is 2.20. The van der Waals surface area contributed by atoms with E-state index in [2.05, 4.69) is 36.2 Å². The van der Waals surface area contributed by atoms with Crippen LogP contribution in [-0.4, -0.2) is 13.7 Å². The van der Waals surface area contributed by atoms with Crippen LogP contribution in [-0.2, 0) is 4.74 Å². The molecule has 0 bridgehead atoms.